The van der Waals surface area contributed by atoms with Crippen molar-refractivity contribution in [1.82, 2.24) is 58.2 Å². The van der Waals surface area contributed by atoms with Crippen LogP contribution < -0.4 is 36.7 Å². The predicted octanol–water partition coefficient (Wildman–Crippen LogP) is 14.4. The van der Waals surface area contributed by atoms with Crippen molar-refractivity contribution in [3.8, 4) is 17.2 Å². The third kappa shape index (κ3) is 16.3. The molecular formula is C76H89Cl3F3N15O8. The maximum absolute atomic E-state index is 15.5. The number of ether oxygens (including phenoxy) is 4. The van der Waals surface area contributed by atoms with E-state index in [1.807, 2.05) is 120 Å². The number of aliphatic hydroxyl groups is 1. The van der Waals surface area contributed by atoms with Crippen LogP contribution >= 0.6 is 34.8 Å². The first-order chi connectivity index (χ1) is 49.8. The Balaban J connectivity index is 0.000000169. The highest BCUT2D eigenvalue weighted by atomic mass is 35.5. The number of halogens is 6. The maximum Gasteiger partial charge on any atom is 0.260 e. The van der Waals surface area contributed by atoms with E-state index in [1.165, 1.54) is 23.1 Å². The summed E-state index contributed by atoms with van der Waals surface area (Å²) in [5.41, 5.74) is 24.4. The van der Waals surface area contributed by atoms with Crippen molar-refractivity contribution in [2.45, 2.75) is 170 Å². The SMILES string of the molecule is COC1CCN(C(=O)c2c(F)c(Cl)cc(C(C)c3nc(C)c4c(N)nccn34)c2OC(C)C)CC1.Cc1nc(C(C)c2cc(Cl)c(F)c(C(=O)N3CCCC(O)C3)c2OC(C)C)n2ccnc(N)c12.Cc1nc(C(C)c2cc(Cl)c(F)c(C(=O)NC(C)c3ccccc3)c2OC(C)C)n2ccnc(N)c12. The van der Waals surface area contributed by atoms with Gasteiger partial charge in [-0.15, -0.1) is 0 Å². The lowest BCUT2D eigenvalue weighted by molar-refractivity contribution is 0.0345. The number of aryl methyl sites for hydroxylation is 3. The molecule has 2 aliphatic rings. The molecule has 10 aromatic rings. The van der Waals surface area contributed by atoms with Crippen LogP contribution in [-0.2, 0) is 4.74 Å². The summed E-state index contributed by atoms with van der Waals surface area (Å²) in [6.07, 6.45) is 11.2. The average Bonchev–Trinajstić information content (AvgIpc) is 1.75. The molecule has 0 saturated carbocycles. The van der Waals surface area contributed by atoms with E-state index in [4.69, 9.17) is 85.9 Å². The number of anilines is 3. The van der Waals surface area contributed by atoms with Crippen molar-refractivity contribution in [1.29, 1.82) is 0 Å². The number of imidazole rings is 3. The van der Waals surface area contributed by atoms with E-state index in [0.29, 0.717) is 131 Å². The number of hydrogen-bond donors (Lipinski definition) is 5. The summed E-state index contributed by atoms with van der Waals surface area (Å²) < 4.78 is 75.5. The first-order valence-electron chi connectivity index (χ1n) is 34.8. The van der Waals surface area contributed by atoms with Gasteiger partial charge in [-0.3, -0.25) is 27.6 Å². The standard InChI is InChI=1S/C27H29ClFN5O2.C25H31ClFN5O3.C24H29ClFN5O3/c1-14(2)36-24-19(15(3)26-32-17(5)23-25(30)31-11-12-34(23)26)13-20(28)22(29)21(24)27(35)33-16(4)18-9-7-6-8-10-18;1-13(2)35-22-17(14(3)24-30-15(4)21-23(28)29-8-11-32(21)24)12-18(26)20(27)19(22)25(33)31-9-6-16(34-5)7-10-31;1-12(2)34-21-16(13(3)23-29-14(4)20-22(27)28-7-9-31(20)23)10-17(25)19(26)18(21)24(33)30-8-5-6-15(32)11-30/h6-16H,1-5H3,(H2,30,31)(H,33,35);8,11-14,16H,6-7,9-10H2,1-5H3,(H2,28,29);7,9-10,12-13,15,32H,5-6,8,11H2,1-4H3,(H2,27,28). The van der Waals surface area contributed by atoms with Gasteiger partial charge in [0, 0.05) is 105 Å². The van der Waals surface area contributed by atoms with Crippen molar-refractivity contribution in [2.75, 3.05) is 50.5 Å². The van der Waals surface area contributed by atoms with E-state index < -0.39 is 59.0 Å². The summed E-state index contributed by atoms with van der Waals surface area (Å²) in [5, 5.41) is 12.4. The number of nitrogens with two attached hydrogens (primary N) is 3. The second-order valence-corrected chi connectivity index (χ2v) is 28.4. The fraction of sp³-hybridized carbons (Fsp3) is 0.408. The quantitative estimate of drug-likeness (QED) is 0.0533. The Morgan fingerprint density at radius 1 is 0.543 bits per heavy atom. The highest BCUT2D eigenvalue weighted by molar-refractivity contribution is 6.32. The van der Waals surface area contributed by atoms with E-state index in [1.54, 1.807) is 63.0 Å². The van der Waals surface area contributed by atoms with E-state index in [2.05, 4.69) is 20.3 Å². The van der Waals surface area contributed by atoms with Crippen LogP contribution in [-0.4, -0.2) is 140 Å². The Bertz CT molecular complexity index is 4870. The van der Waals surface area contributed by atoms with Crippen LogP contribution in [0.15, 0.2) is 85.7 Å². The van der Waals surface area contributed by atoms with Crippen molar-refractivity contribution >= 4 is 86.5 Å². The number of aromatic nitrogens is 9. The fourth-order valence-corrected chi connectivity index (χ4v) is 14.1. The number of aliphatic hydroxyl groups excluding tert-OH is 1. The zero-order valence-electron chi connectivity index (χ0n) is 61.2. The molecule has 2 aliphatic heterocycles. The van der Waals surface area contributed by atoms with Gasteiger partial charge in [0.05, 0.1) is 68.7 Å². The molecule has 105 heavy (non-hydrogen) atoms. The largest absolute Gasteiger partial charge is 0.490 e. The molecule has 23 nitrogen and oxygen atoms in total. The monoisotopic (exact) mass is 1500 g/mol. The van der Waals surface area contributed by atoms with Gasteiger partial charge in [-0.25, -0.2) is 43.1 Å². The smallest absolute Gasteiger partial charge is 0.260 e. The lowest BCUT2D eigenvalue weighted by Crippen LogP contribution is -2.42. The molecule has 12 rings (SSSR count). The number of fused-ring (bicyclic) bond motifs is 3. The Morgan fingerprint density at radius 3 is 1.27 bits per heavy atom. The number of nitrogens with one attached hydrogen (secondary N) is 1. The van der Waals surface area contributed by atoms with E-state index in [-0.39, 0.29) is 86.0 Å². The van der Waals surface area contributed by atoms with Crippen LogP contribution in [0.25, 0.3) is 16.6 Å². The van der Waals surface area contributed by atoms with Crippen LogP contribution in [0, 0.1) is 38.2 Å². The minimum Gasteiger partial charge on any atom is -0.490 e. The highest BCUT2D eigenvalue weighted by Gasteiger charge is 2.37. The normalized spacial score (nSPS) is 15.4. The number of rotatable bonds is 18. The first kappa shape index (κ1) is 78.1. The van der Waals surface area contributed by atoms with E-state index in [0.717, 1.165) is 5.56 Å². The van der Waals surface area contributed by atoms with Crippen molar-refractivity contribution in [2.24, 2.45) is 0 Å². The molecule has 0 aliphatic carbocycles. The number of amides is 3. The molecule has 29 heteroatoms. The molecule has 0 spiro atoms. The van der Waals surface area contributed by atoms with Crippen molar-refractivity contribution in [3.05, 3.63) is 192 Å². The van der Waals surface area contributed by atoms with Crippen LogP contribution in [0.1, 0.15) is 207 Å². The lowest BCUT2D eigenvalue weighted by Gasteiger charge is -2.32. The Labute approximate surface area is 622 Å². The van der Waals surface area contributed by atoms with Gasteiger partial charge in [-0.05, 0) is 119 Å². The van der Waals surface area contributed by atoms with Gasteiger partial charge in [0.25, 0.3) is 17.7 Å². The Hall–Kier alpha value is -9.47. The van der Waals surface area contributed by atoms with E-state index >= 15 is 13.2 Å². The summed E-state index contributed by atoms with van der Waals surface area (Å²) in [6.45, 7) is 25.5. The number of piperidine rings is 2. The fourth-order valence-electron chi connectivity index (χ4n) is 13.5. The summed E-state index contributed by atoms with van der Waals surface area (Å²) in [6, 6.07) is 13.6. The molecule has 558 valence electrons. The van der Waals surface area contributed by atoms with Gasteiger partial charge in [0.15, 0.2) is 17.5 Å². The van der Waals surface area contributed by atoms with Crippen molar-refractivity contribution in [3.63, 3.8) is 0 Å². The number of hydrogen-bond acceptors (Lipinski definition) is 17. The minimum absolute atomic E-state index is 0.0871. The van der Waals surface area contributed by atoms with Crippen LogP contribution in [0.2, 0.25) is 15.1 Å². The number of likely N-dealkylation sites (tertiary alicyclic amines) is 2. The topological polar surface area (TPSA) is 296 Å². The number of nitrogens with zero attached hydrogens (tertiary/aromatic N) is 11. The molecule has 3 amide bonds. The molecule has 0 bridgehead atoms. The number of carbonyl (C=O) groups is 3. The average molecular weight is 1500 g/mol. The van der Waals surface area contributed by atoms with Gasteiger partial charge in [-0.1, -0.05) is 85.9 Å². The highest BCUT2D eigenvalue weighted by Crippen LogP contribution is 2.45. The molecule has 5 atom stereocenters. The number of carbonyl (C=O) groups excluding carboxylic acids is 3. The van der Waals surface area contributed by atoms with Crippen LogP contribution in [0.4, 0.5) is 30.6 Å². The summed E-state index contributed by atoms with van der Waals surface area (Å²) in [4.78, 5) is 70.2. The second-order valence-electron chi connectivity index (χ2n) is 27.2. The van der Waals surface area contributed by atoms with Gasteiger partial charge in [0.1, 0.15) is 85.4 Å². The number of nitrogen functional groups attached to an aromatic ring is 3. The van der Waals surface area contributed by atoms with Crippen LogP contribution in [0.3, 0.4) is 0 Å². The van der Waals surface area contributed by atoms with Crippen molar-refractivity contribution < 1.29 is 51.6 Å². The number of methoxy groups -OCH3 is 1. The second kappa shape index (κ2) is 32.9. The third-order valence-electron chi connectivity index (χ3n) is 18.6. The number of β-amino-alcohol motifs (C(OH)–C–C–N with tert-alkyl or cyclic N) is 1. The Morgan fingerprint density at radius 2 is 0.905 bits per heavy atom. The number of benzene rings is 4. The molecule has 0 radical (unpaired) electrons. The molecule has 5 unspecified atom stereocenters. The minimum atomic E-state index is -0.837. The zero-order chi connectivity index (χ0) is 76.3. The summed E-state index contributed by atoms with van der Waals surface area (Å²) in [5.74, 6) is -1.87. The zero-order valence-corrected chi connectivity index (χ0v) is 63.4. The summed E-state index contributed by atoms with van der Waals surface area (Å²) in [7, 11) is 1.66. The predicted molar refractivity (Wildman–Crippen MR) is 400 cm³/mol. The van der Waals surface area contributed by atoms with Gasteiger partial charge in [-0.2, -0.15) is 0 Å². The van der Waals surface area contributed by atoms with Gasteiger partial charge < -0.3 is 56.4 Å². The van der Waals surface area contributed by atoms with Gasteiger partial charge in [0.2, 0.25) is 0 Å². The third-order valence-corrected chi connectivity index (χ3v) is 19.5. The molecule has 2 fully saturated rings. The maximum atomic E-state index is 15.5. The first-order valence-corrected chi connectivity index (χ1v) is 35.9. The van der Waals surface area contributed by atoms with Crippen LogP contribution in [0.5, 0.6) is 17.2 Å². The molecular weight excluding hydrogens is 1410 g/mol. The summed E-state index contributed by atoms with van der Waals surface area (Å²) >= 11 is 19.0. The molecule has 4 aromatic carbocycles. The molecule has 8 heterocycles. The lowest BCUT2D eigenvalue weighted by atomic mass is 9.95. The Kier molecular flexibility index (Phi) is 24.5. The van der Waals surface area contributed by atoms with E-state index in [9.17, 15) is 19.5 Å². The molecule has 2 saturated heterocycles. The molecule has 6 aromatic heterocycles. The molecule has 8 N–H and O–H groups in total. The van der Waals surface area contributed by atoms with Gasteiger partial charge >= 0.3 is 0 Å².